The molecule has 1 aromatic rings. The van der Waals surface area contributed by atoms with Crippen LogP contribution in [0.25, 0.3) is 0 Å². The molecule has 2 heterocycles. The van der Waals surface area contributed by atoms with Crippen LogP contribution in [-0.4, -0.2) is 40.3 Å². The smallest absolute Gasteiger partial charge is 0.330 e. The van der Waals surface area contributed by atoms with Gasteiger partial charge in [0.25, 0.3) is 5.56 Å². The van der Waals surface area contributed by atoms with Crippen LogP contribution in [0.4, 0.5) is 0 Å². The number of carbonyl (C=O) groups is 2. The van der Waals surface area contributed by atoms with Crippen LogP contribution in [0.5, 0.6) is 0 Å². The van der Waals surface area contributed by atoms with Crippen molar-refractivity contribution in [3.63, 3.8) is 0 Å². The van der Waals surface area contributed by atoms with Gasteiger partial charge in [-0.3, -0.25) is 23.9 Å². The highest BCUT2D eigenvalue weighted by molar-refractivity contribution is 9.24. The normalized spacial score (nSPS) is 22.8. The number of halogens is 2. The molecule has 9 nitrogen and oxygen atoms in total. The molecule has 0 amide bonds. The third-order valence-electron chi connectivity index (χ3n) is 3.49. The van der Waals surface area contributed by atoms with E-state index in [4.69, 9.17) is 14.2 Å². The molecule has 11 heteroatoms. The monoisotopic (exact) mass is 482 g/mol. The lowest BCUT2D eigenvalue weighted by Crippen LogP contribution is -2.34. The molecule has 0 aromatic carbocycles. The van der Waals surface area contributed by atoms with Gasteiger partial charge in [0.1, 0.15) is 28.8 Å². The Morgan fingerprint density at radius 1 is 1.36 bits per heavy atom. The minimum absolute atomic E-state index is 0.117. The Labute approximate surface area is 158 Å². The average Bonchev–Trinajstić information content (AvgIpc) is 2.86. The molecule has 138 valence electrons. The minimum Gasteiger partial charge on any atom is -0.463 e. The summed E-state index contributed by atoms with van der Waals surface area (Å²) in [5.74, 6) is -1.02. The van der Waals surface area contributed by atoms with E-state index in [0.29, 0.717) is 0 Å². The van der Waals surface area contributed by atoms with E-state index in [9.17, 15) is 19.2 Å². The Bertz CT molecular complexity index is 773. The summed E-state index contributed by atoms with van der Waals surface area (Å²) in [6.07, 6.45) is -0.658. The largest absolute Gasteiger partial charge is 0.463 e. The van der Waals surface area contributed by atoms with E-state index in [1.54, 1.807) is 0 Å². The van der Waals surface area contributed by atoms with Crippen LogP contribution in [0.1, 0.15) is 35.8 Å². The lowest BCUT2D eigenvalue weighted by Gasteiger charge is -2.17. The van der Waals surface area contributed by atoms with Gasteiger partial charge < -0.3 is 14.2 Å². The molecule has 2 rings (SSSR count). The van der Waals surface area contributed by atoms with Crippen molar-refractivity contribution in [2.75, 3.05) is 6.61 Å². The molecule has 0 saturated carbocycles. The predicted molar refractivity (Wildman–Crippen MR) is 92.6 cm³/mol. The Hall–Kier alpha value is -1.46. The lowest BCUT2D eigenvalue weighted by molar-refractivity contribution is -0.155. The van der Waals surface area contributed by atoms with Gasteiger partial charge in [-0.05, 0) is 0 Å². The molecule has 0 radical (unpaired) electrons. The summed E-state index contributed by atoms with van der Waals surface area (Å²) in [5.41, 5.74) is -0.921. The number of aromatic nitrogens is 2. The molecule has 0 aliphatic carbocycles. The molecule has 0 spiro atoms. The van der Waals surface area contributed by atoms with Crippen molar-refractivity contribution >= 4 is 43.8 Å². The molecule has 1 saturated heterocycles. The summed E-state index contributed by atoms with van der Waals surface area (Å²) >= 11 is 6.42. The molecular formula is C14H16Br2N2O7. The van der Waals surface area contributed by atoms with Gasteiger partial charge in [0, 0.05) is 26.5 Å². The van der Waals surface area contributed by atoms with Gasteiger partial charge in [0.05, 0.1) is 5.56 Å². The first-order valence-corrected chi connectivity index (χ1v) is 9.11. The molecule has 3 atom stereocenters. The zero-order valence-corrected chi connectivity index (χ0v) is 16.5. The fourth-order valence-corrected chi connectivity index (χ4v) is 3.08. The highest BCUT2D eigenvalue weighted by Gasteiger charge is 2.39. The van der Waals surface area contributed by atoms with Gasteiger partial charge in [-0.2, -0.15) is 0 Å². The van der Waals surface area contributed by atoms with E-state index in [2.05, 4.69) is 36.8 Å². The third kappa shape index (κ3) is 5.02. The Kier molecular flexibility index (Phi) is 6.58. The summed E-state index contributed by atoms with van der Waals surface area (Å²) in [6.45, 7) is 2.38. The van der Waals surface area contributed by atoms with Crippen LogP contribution in [0, 0.1) is 0 Å². The Morgan fingerprint density at radius 2 is 2.04 bits per heavy atom. The molecule has 0 unspecified atom stereocenters. The summed E-state index contributed by atoms with van der Waals surface area (Å²) < 4.78 is 16.6. The average molecular weight is 484 g/mol. The number of nitrogens with one attached hydrogen (secondary N) is 1. The highest BCUT2D eigenvalue weighted by Crippen LogP contribution is 2.32. The molecule has 1 aromatic heterocycles. The Balaban J connectivity index is 2.29. The van der Waals surface area contributed by atoms with Crippen molar-refractivity contribution in [2.24, 2.45) is 0 Å². The highest BCUT2D eigenvalue weighted by atomic mass is 79.9. The topological polar surface area (TPSA) is 117 Å². The van der Waals surface area contributed by atoms with E-state index < -0.39 is 45.4 Å². The van der Waals surface area contributed by atoms with Gasteiger partial charge in [-0.1, -0.05) is 31.9 Å². The van der Waals surface area contributed by atoms with Crippen LogP contribution in [0.3, 0.4) is 0 Å². The van der Waals surface area contributed by atoms with Crippen LogP contribution in [0.15, 0.2) is 15.8 Å². The minimum atomic E-state index is -0.785. The van der Waals surface area contributed by atoms with E-state index in [-0.39, 0.29) is 18.6 Å². The number of ether oxygens (including phenoxy) is 3. The first-order valence-electron chi connectivity index (χ1n) is 7.28. The number of hydrogen-bond acceptors (Lipinski definition) is 7. The number of esters is 2. The van der Waals surface area contributed by atoms with E-state index in [0.717, 1.165) is 0 Å². The summed E-state index contributed by atoms with van der Waals surface area (Å²) in [6, 6.07) is 0. The number of nitrogens with zero attached hydrogens (tertiary/aromatic N) is 1. The second-order valence-corrected chi connectivity index (χ2v) is 8.43. The predicted octanol–water partition coefficient (Wildman–Crippen LogP) is 1.11. The second-order valence-electron chi connectivity index (χ2n) is 5.37. The second kappa shape index (κ2) is 8.28. The first-order chi connectivity index (χ1) is 11.7. The summed E-state index contributed by atoms with van der Waals surface area (Å²) in [5, 5.41) is 0. The first kappa shape index (κ1) is 19.9. The molecule has 1 fully saturated rings. The molecule has 0 bridgehead atoms. The number of H-pyrrole nitrogens is 1. The van der Waals surface area contributed by atoms with E-state index >= 15 is 0 Å². The zero-order chi connectivity index (χ0) is 18.7. The molecular weight excluding hydrogens is 468 g/mol. The third-order valence-corrected chi connectivity index (χ3v) is 4.48. The van der Waals surface area contributed by atoms with Crippen LogP contribution in [-0.2, 0) is 23.8 Å². The molecule has 1 N–H and O–H groups in total. The SMILES string of the molecule is CC(=O)OC[C@H]1O[C@@H](n2cc(C(Br)Br)c(=O)[nH]c2=O)C[C@@H]1OC(C)=O. The van der Waals surface area contributed by atoms with Gasteiger partial charge >= 0.3 is 17.6 Å². The standard InChI is InChI=1S/C14H16Br2N2O7/c1-6(19)23-5-10-9(24-7(2)20)3-11(25-10)18-4-8(12(15)16)13(21)17-14(18)22/h4,9-12H,3,5H2,1-2H3,(H,17,21,22)/t9-,10+,11+/m0/s1. The maximum absolute atomic E-state index is 12.1. The summed E-state index contributed by atoms with van der Waals surface area (Å²) in [7, 11) is 0. The van der Waals surface area contributed by atoms with Crippen LogP contribution < -0.4 is 11.2 Å². The van der Waals surface area contributed by atoms with Crippen molar-refractivity contribution in [3.8, 4) is 0 Å². The molecule has 1 aliphatic rings. The van der Waals surface area contributed by atoms with Gasteiger partial charge in [-0.15, -0.1) is 0 Å². The van der Waals surface area contributed by atoms with Gasteiger partial charge in [-0.25, -0.2) is 4.79 Å². The number of alkyl halides is 2. The van der Waals surface area contributed by atoms with Crippen LogP contribution >= 0.6 is 31.9 Å². The van der Waals surface area contributed by atoms with E-state index in [1.807, 2.05) is 0 Å². The lowest BCUT2D eigenvalue weighted by atomic mass is 10.2. The number of aromatic amines is 1. The van der Waals surface area contributed by atoms with Crippen molar-refractivity contribution in [2.45, 2.75) is 42.4 Å². The quantitative estimate of drug-likeness (QED) is 0.492. The summed E-state index contributed by atoms with van der Waals surface area (Å²) in [4.78, 5) is 48.4. The van der Waals surface area contributed by atoms with Crippen molar-refractivity contribution < 1.29 is 23.8 Å². The number of rotatable bonds is 5. The molecule has 25 heavy (non-hydrogen) atoms. The van der Waals surface area contributed by atoms with Gasteiger partial charge in [0.15, 0.2) is 0 Å². The fraction of sp³-hybridized carbons (Fsp3) is 0.571. The maximum Gasteiger partial charge on any atom is 0.330 e. The fourth-order valence-electron chi connectivity index (χ4n) is 2.43. The number of carbonyl (C=O) groups excluding carboxylic acids is 2. The molecule has 1 aliphatic heterocycles. The van der Waals surface area contributed by atoms with Crippen LogP contribution in [0.2, 0.25) is 0 Å². The maximum atomic E-state index is 12.1. The Morgan fingerprint density at radius 3 is 2.60 bits per heavy atom. The van der Waals surface area contributed by atoms with Crippen molar-refractivity contribution in [1.29, 1.82) is 0 Å². The van der Waals surface area contributed by atoms with Crippen molar-refractivity contribution in [1.82, 2.24) is 9.55 Å². The van der Waals surface area contributed by atoms with Crippen molar-refractivity contribution in [3.05, 3.63) is 32.6 Å². The van der Waals surface area contributed by atoms with Gasteiger partial charge in [0.2, 0.25) is 0 Å². The zero-order valence-electron chi connectivity index (χ0n) is 13.4. The number of hydrogen-bond donors (Lipinski definition) is 1. The van der Waals surface area contributed by atoms with E-state index in [1.165, 1.54) is 24.6 Å².